The summed E-state index contributed by atoms with van der Waals surface area (Å²) in [7, 11) is 1.53. The van der Waals surface area contributed by atoms with E-state index in [0.717, 1.165) is 25.6 Å². The Morgan fingerprint density at radius 3 is 2.85 bits per heavy atom. The molecule has 1 aromatic rings. The number of carbonyl (C=O) groups excluding carboxylic acids is 1. The van der Waals surface area contributed by atoms with E-state index < -0.39 is 0 Å². The number of aromatic hydroxyl groups is 1. The molecule has 2 N–H and O–H groups in total. The van der Waals surface area contributed by atoms with Gasteiger partial charge in [-0.05, 0) is 31.4 Å². The summed E-state index contributed by atoms with van der Waals surface area (Å²) in [6, 6.07) is 5.66. The van der Waals surface area contributed by atoms with Crippen LogP contribution in [0.5, 0.6) is 11.5 Å². The van der Waals surface area contributed by atoms with E-state index >= 15 is 0 Å². The third kappa shape index (κ3) is 2.72. The van der Waals surface area contributed by atoms with Crippen LogP contribution in [-0.2, 0) is 0 Å². The van der Waals surface area contributed by atoms with Crippen molar-refractivity contribution < 1.29 is 14.6 Å². The van der Waals surface area contributed by atoms with Gasteiger partial charge in [-0.2, -0.15) is 0 Å². The lowest BCUT2D eigenvalue weighted by Crippen LogP contribution is -2.37. The van der Waals surface area contributed by atoms with Gasteiger partial charge >= 0.3 is 0 Å². The normalized spacial score (nSPS) is 22.8. The van der Waals surface area contributed by atoms with Crippen molar-refractivity contribution in [2.75, 3.05) is 20.2 Å². The van der Waals surface area contributed by atoms with Crippen molar-refractivity contribution in [1.29, 1.82) is 0 Å². The molecule has 2 aliphatic rings. The molecule has 1 saturated carbocycles. The average Bonchev–Trinajstić information content (AvgIpc) is 3.19. The van der Waals surface area contributed by atoms with Gasteiger partial charge in [-0.25, -0.2) is 0 Å². The summed E-state index contributed by atoms with van der Waals surface area (Å²) >= 11 is 0. The molecule has 0 aromatic heterocycles. The zero-order valence-electron chi connectivity index (χ0n) is 11.6. The number of rotatable bonds is 4. The van der Waals surface area contributed by atoms with Gasteiger partial charge in [0.25, 0.3) is 5.91 Å². The fraction of sp³-hybridized carbons (Fsp3) is 0.533. The van der Waals surface area contributed by atoms with Crippen molar-refractivity contribution in [2.45, 2.75) is 31.3 Å². The van der Waals surface area contributed by atoms with Gasteiger partial charge in [0.2, 0.25) is 0 Å². The number of amides is 1. The van der Waals surface area contributed by atoms with E-state index in [1.807, 2.05) is 0 Å². The maximum Gasteiger partial charge on any atom is 0.255 e. The highest BCUT2D eigenvalue weighted by molar-refractivity contribution is 5.97. The van der Waals surface area contributed by atoms with Crippen LogP contribution in [0.2, 0.25) is 0 Å². The summed E-state index contributed by atoms with van der Waals surface area (Å²) in [6.07, 6.45) is 3.57. The highest BCUT2D eigenvalue weighted by atomic mass is 16.5. The summed E-state index contributed by atoms with van der Waals surface area (Å²) in [4.78, 5) is 14.6. The zero-order chi connectivity index (χ0) is 14.1. The molecule has 0 spiro atoms. The lowest BCUT2D eigenvalue weighted by molar-refractivity contribution is 0.0935. The zero-order valence-corrected chi connectivity index (χ0v) is 11.6. The molecule has 5 nitrogen and oxygen atoms in total. The number of nitrogens with zero attached hydrogens (tertiary/aromatic N) is 1. The van der Waals surface area contributed by atoms with Crippen molar-refractivity contribution in [2.24, 2.45) is 0 Å². The van der Waals surface area contributed by atoms with Crippen LogP contribution >= 0.6 is 0 Å². The second-order valence-electron chi connectivity index (χ2n) is 5.57. The van der Waals surface area contributed by atoms with E-state index in [-0.39, 0.29) is 17.7 Å². The van der Waals surface area contributed by atoms with E-state index in [0.29, 0.717) is 11.3 Å². The first kappa shape index (κ1) is 13.2. The van der Waals surface area contributed by atoms with Gasteiger partial charge in [-0.15, -0.1) is 0 Å². The van der Waals surface area contributed by atoms with Crippen LogP contribution in [0, 0.1) is 0 Å². The Morgan fingerprint density at radius 1 is 1.40 bits per heavy atom. The minimum absolute atomic E-state index is 0.0427. The molecule has 0 unspecified atom stereocenters. The van der Waals surface area contributed by atoms with Gasteiger partial charge in [0, 0.05) is 31.2 Å². The van der Waals surface area contributed by atoms with E-state index in [1.54, 1.807) is 12.1 Å². The van der Waals surface area contributed by atoms with Crippen molar-refractivity contribution in [3.05, 3.63) is 23.8 Å². The lowest BCUT2D eigenvalue weighted by Gasteiger charge is -2.16. The Labute approximate surface area is 118 Å². The van der Waals surface area contributed by atoms with Crippen LogP contribution in [-0.4, -0.2) is 48.2 Å². The number of phenolic OH excluding ortho intramolecular Hbond substituents is 1. The van der Waals surface area contributed by atoms with E-state index in [1.165, 1.54) is 26.0 Å². The summed E-state index contributed by atoms with van der Waals surface area (Å²) in [5, 5.41) is 12.9. The predicted molar refractivity (Wildman–Crippen MR) is 75.1 cm³/mol. The number of benzene rings is 1. The topological polar surface area (TPSA) is 61.8 Å². The fourth-order valence-electron chi connectivity index (χ4n) is 2.77. The average molecular weight is 276 g/mol. The Kier molecular flexibility index (Phi) is 3.53. The van der Waals surface area contributed by atoms with Crippen LogP contribution in [0.3, 0.4) is 0 Å². The Bertz CT molecular complexity index is 514. The van der Waals surface area contributed by atoms with Crippen molar-refractivity contribution >= 4 is 5.91 Å². The molecule has 108 valence electrons. The highest BCUT2D eigenvalue weighted by Crippen LogP contribution is 2.30. The number of hydrogen-bond acceptors (Lipinski definition) is 4. The quantitative estimate of drug-likeness (QED) is 0.872. The smallest absolute Gasteiger partial charge is 0.255 e. The molecule has 0 bridgehead atoms. The summed E-state index contributed by atoms with van der Waals surface area (Å²) in [5.74, 6) is 0.284. The molecule has 1 atom stereocenters. The third-order valence-electron chi connectivity index (χ3n) is 4.07. The van der Waals surface area contributed by atoms with Crippen LogP contribution in [0.4, 0.5) is 0 Å². The second kappa shape index (κ2) is 5.32. The van der Waals surface area contributed by atoms with Crippen LogP contribution in [0.15, 0.2) is 18.2 Å². The van der Waals surface area contributed by atoms with Gasteiger partial charge in [-0.1, -0.05) is 0 Å². The first-order valence-electron chi connectivity index (χ1n) is 7.09. The number of ether oxygens (including phenoxy) is 1. The summed E-state index contributed by atoms with van der Waals surface area (Å²) in [5.41, 5.74) is 0.302. The molecular weight excluding hydrogens is 256 g/mol. The molecule has 2 fully saturated rings. The van der Waals surface area contributed by atoms with E-state index in [9.17, 15) is 9.90 Å². The highest BCUT2D eigenvalue weighted by Gasteiger charge is 2.34. The fourth-order valence-corrected chi connectivity index (χ4v) is 2.77. The van der Waals surface area contributed by atoms with Gasteiger partial charge in [0.15, 0.2) is 0 Å². The molecule has 1 aromatic carbocycles. The van der Waals surface area contributed by atoms with Crippen LogP contribution < -0.4 is 10.1 Å². The molecule has 1 amide bonds. The molecule has 1 aliphatic carbocycles. The minimum atomic E-state index is -0.215. The first-order chi connectivity index (χ1) is 9.67. The molecular formula is C15H20N2O3. The Hall–Kier alpha value is -1.75. The standard InChI is InChI=1S/C15H20N2O3/c1-20-12-4-5-13(14(18)8-12)15(19)16-10-6-7-17(9-10)11-2-3-11/h4-5,8,10-11,18H,2-3,6-7,9H2,1H3,(H,16,19)/t10-/m1/s1. The molecule has 5 heteroatoms. The molecule has 1 heterocycles. The van der Waals surface area contributed by atoms with Crippen molar-refractivity contribution in [3.63, 3.8) is 0 Å². The second-order valence-corrected chi connectivity index (χ2v) is 5.57. The molecule has 1 saturated heterocycles. The van der Waals surface area contributed by atoms with Crippen LogP contribution in [0.25, 0.3) is 0 Å². The number of hydrogen-bond donors (Lipinski definition) is 2. The third-order valence-corrected chi connectivity index (χ3v) is 4.07. The molecule has 3 rings (SSSR count). The number of likely N-dealkylation sites (tertiary alicyclic amines) is 1. The van der Waals surface area contributed by atoms with E-state index in [4.69, 9.17) is 4.74 Å². The SMILES string of the molecule is COc1ccc(C(=O)N[C@@H]2CCN(C3CC3)C2)c(O)c1. The minimum Gasteiger partial charge on any atom is -0.507 e. The number of methoxy groups -OCH3 is 1. The molecule has 20 heavy (non-hydrogen) atoms. The van der Waals surface area contributed by atoms with Gasteiger partial charge < -0.3 is 15.2 Å². The predicted octanol–water partition coefficient (Wildman–Crippen LogP) is 1.37. The van der Waals surface area contributed by atoms with Gasteiger partial charge in [0.1, 0.15) is 11.5 Å². The number of nitrogens with one attached hydrogen (secondary N) is 1. The van der Waals surface area contributed by atoms with Gasteiger partial charge in [-0.3, -0.25) is 9.69 Å². The first-order valence-corrected chi connectivity index (χ1v) is 7.09. The Morgan fingerprint density at radius 2 is 2.20 bits per heavy atom. The Balaban J connectivity index is 1.61. The molecule has 0 radical (unpaired) electrons. The summed E-state index contributed by atoms with van der Waals surface area (Å²) < 4.78 is 5.01. The molecule has 1 aliphatic heterocycles. The van der Waals surface area contributed by atoms with E-state index in [2.05, 4.69) is 10.2 Å². The number of phenols is 1. The lowest BCUT2D eigenvalue weighted by atomic mass is 10.1. The van der Waals surface area contributed by atoms with Crippen molar-refractivity contribution in [3.8, 4) is 11.5 Å². The summed E-state index contributed by atoms with van der Waals surface area (Å²) in [6.45, 7) is 1.98. The number of carbonyl (C=O) groups is 1. The maximum atomic E-state index is 12.2. The maximum absolute atomic E-state index is 12.2. The van der Waals surface area contributed by atoms with Crippen LogP contribution in [0.1, 0.15) is 29.6 Å². The van der Waals surface area contributed by atoms with Crippen molar-refractivity contribution in [1.82, 2.24) is 10.2 Å². The largest absolute Gasteiger partial charge is 0.507 e. The van der Waals surface area contributed by atoms with Gasteiger partial charge in [0.05, 0.1) is 12.7 Å². The monoisotopic (exact) mass is 276 g/mol.